The van der Waals surface area contributed by atoms with Gasteiger partial charge in [-0.25, -0.2) is 4.39 Å². The Kier molecular flexibility index (Phi) is 7.12. The molecule has 0 saturated heterocycles. The fourth-order valence-corrected chi connectivity index (χ4v) is 3.86. The SMILES string of the molecule is C.O=C(N=S(=O)=O)c1ccc(F)cc1-c1ccc2c(c1)OC[C@@H](Cc1ccccn1)[C@@H]2O. The zero-order chi connectivity index (χ0) is 22.0. The summed E-state index contributed by atoms with van der Waals surface area (Å²) < 4.78 is 44.3. The van der Waals surface area contributed by atoms with Crippen LogP contribution in [0.1, 0.15) is 35.1 Å². The molecular formula is C23H21FN2O5S. The molecule has 2 heterocycles. The van der Waals surface area contributed by atoms with Crippen LogP contribution in [0.5, 0.6) is 5.75 Å². The number of fused-ring (bicyclic) bond motifs is 1. The quantitative estimate of drug-likeness (QED) is 0.636. The van der Waals surface area contributed by atoms with Gasteiger partial charge in [0.05, 0.1) is 18.3 Å². The van der Waals surface area contributed by atoms with E-state index in [9.17, 15) is 22.7 Å². The third-order valence-electron chi connectivity index (χ3n) is 5.11. The van der Waals surface area contributed by atoms with Gasteiger partial charge in [-0.2, -0.15) is 8.42 Å². The third kappa shape index (κ3) is 4.90. The Labute approximate surface area is 186 Å². The summed E-state index contributed by atoms with van der Waals surface area (Å²) >= 11 is 0. The van der Waals surface area contributed by atoms with E-state index in [1.807, 2.05) is 18.2 Å². The van der Waals surface area contributed by atoms with Crippen LogP contribution in [-0.4, -0.2) is 31.0 Å². The van der Waals surface area contributed by atoms with Crippen LogP contribution in [0, 0.1) is 11.7 Å². The topological polar surface area (TPSA) is 106 Å². The van der Waals surface area contributed by atoms with Crippen LogP contribution in [0.3, 0.4) is 0 Å². The number of carbonyl (C=O) groups is 1. The molecule has 0 unspecified atom stereocenters. The Morgan fingerprint density at radius 2 is 2.00 bits per heavy atom. The number of rotatable bonds is 4. The van der Waals surface area contributed by atoms with Gasteiger partial charge in [0.1, 0.15) is 11.6 Å². The molecule has 2 aromatic carbocycles. The highest BCUT2D eigenvalue weighted by Crippen LogP contribution is 2.39. The highest BCUT2D eigenvalue weighted by molar-refractivity contribution is 7.62. The van der Waals surface area contributed by atoms with Crippen molar-refractivity contribution in [1.82, 2.24) is 4.98 Å². The fourth-order valence-electron chi connectivity index (χ4n) is 3.63. The average Bonchev–Trinajstić information content (AvgIpc) is 2.75. The van der Waals surface area contributed by atoms with Crippen LogP contribution in [-0.2, 0) is 16.9 Å². The van der Waals surface area contributed by atoms with Crippen LogP contribution in [0.25, 0.3) is 11.1 Å². The zero-order valence-corrected chi connectivity index (χ0v) is 16.9. The first-order valence-electron chi connectivity index (χ1n) is 9.42. The molecule has 0 spiro atoms. The van der Waals surface area contributed by atoms with Crippen LogP contribution >= 0.6 is 0 Å². The molecule has 0 aliphatic carbocycles. The number of aliphatic hydroxyl groups excluding tert-OH is 1. The molecule has 166 valence electrons. The molecule has 1 N–H and O–H groups in total. The van der Waals surface area contributed by atoms with Crippen LogP contribution < -0.4 is 4.74 Å². The van der Waals surface area contributed by atoms with Gasteiger partial charge in [-0.15, -0.1) is 0 Å². The van der Waals surface area contributed by atoms with Gasteiger partial charge in [0, 0.05) is 23.4 Å². The molecule has 1 aliphatic rings. The van der Waals surface area contributed by atoms with Crippen molar-refractivity contribution in [3.63, 3.8) is 0 Å². The lowest BCUT2D eigenvalue weighted by molar-refractivity contribution is 0.0503. The Hall–Kier alpha value is -3.43. The van der Waals surface area contributed by atoms with Crippen molar-refractivity contribution < 1.29 is 27.4 Å². The molecule has 0 radical (unpaired) electrons. The number of nitrogens with zero attached hydrogens (tertiary/aromatic N) is 2. The number of carbonyl (C=O) groups excluding carboxylic acids is 1. The monoisotopic (exact) mass is 456 g/mol. The van der Waals surface area contributed by atoms with Crippen LogP contribution in [0.2, 0.25) is 0 Å². The summed E-state index contributed by atoms with van der Waals surface area (Å²) in [5.74, 6) is -1.37. The number of aromatic nitrogens is 1. The molecule has 9 heteroatoms. The van der Waals surface area contributed by atoms with Crippen molar-refractivity contribution in [3.05, 3.63) is 83.4 Å². The van der Waals surface area contributed by atoms with Crippen molar-refractivity contribution in [2.75, 3.05) is 6.61 Å². The lowest BCUT2D eigenvalue weighted by Crippen LogP contribution is -2.28. The number of halogens is 1. The summed E-state index contributed by atoms with van der Waals surface area (Å²) in [5.41, 5.74) is 1.97. The second-order valence-corrected chi connectivity index (χ2v) is 7.71. The van der Waals surface area contributed by atoms with Gasteiger partial charge < -0.3 is 9.84 Å². The molecule has 0 saturated carbocycles. The minimum absolute atomic E-state index is 0. The first-order chi connectivity index (χ1) is 14.9. The van der Waals surface area contributed by atoms with E-state index in [2.05, 4.69) is 9.35 Å². The fraction of sp³-hybridized carbons (Fsp3) is 0.217. The van der Waals surface area contributed by atoms with E-state index >= 15 is 0 Å². The minimum atomic E-state index is -2.93. The normalized spacial score (nSPS) is 16.8. The van der Waals surface area contributed by atoms with Gasteiger partial charge in [0.25, 0.3) is 5.91 Å². The highest BCUT2D eigenvalue weighted by Gasteiger charge is 2.30. The minimum Gasteiger partial charge on any atom is -0.493 e. The van der Waals surface area contributed by atoms with E-state index in [-0.39, 0.29) is 31.1 Å². The van der Waals surface area contributed by atoms with Crippen molar-refractivity contribution in [1.29, 1.82) is 0 Å². The maximum atomic E-state index is 13.9. The van der Waals surface area contributed by atoms with Gasteiger partial charge in [0.15, 0.2) is 0 Å². The smallest absolute Gasteiger partial charge is 0.319 e. The predicted molar refractivity (Wildman–Crippen MR) is 116 cm³/mol. The standard InChI is InChI=1S/C22H17FN2O5S.CH4/c23-15-5-7-17(22(27)25-31(28)29)19(11-15)13-4-6-18-20(10-13)30-12-14(21(18)26)9-16-3-1-2-8-24-16;/h1-8,10-11,14,21,26H,9,12H2;1H4/t14-,21+;/m1./s1. The van der Waals surface area contributed by atoms with E-state index in [1.165, 1.54) is 6.07 Å². The zero-order valence-electron chi connectivity index (χ0n) is 16.1. The number of pyridine rings is 1. The molecule has 2 atom stereocenters. The lowest BCUT2D eigenvalue weighted by atomic mass is 9.88. The molecule has 1 aromatic heterocycles. The van der Waals surface area contributed by atoms with Gasteiger partial charge in [-0.3, -0.25) is 9.78 Å². The highest BCUT2D eigenvalue weighted by atomic mass is 32.2. The summed E-state index contributed by atoms with van der Waals surface area (Å²) in [6.07, 6.45) is 1.45. The van der Waals surface area contributed by atoms with Crippen molar-refractivity contribution in [3.8, 4) is 16.9 Å². The molecule has 0 fully saturated rings. The first-order valence-corrected chi connectivity index (χ1v) is 10.5. The summed E-state index contributed by atoms with van der Waals surface area (Å²) in [7, 11) is -2.93. The summed E-state index contributed by atoms with van der Waals surface area (Å²) in [6, 6.07) is 13.8. The molecule has 1 amide bonds. The van der Waals surface area contributed by atoms with E-state index in [0.29, 0.717) is 23.3 Å². The molecule has 7 nitrogen and oxygen atoms in total. The van der Waals surface area contributed by atoms with E-state index in [0.717, 1.165) is 17.8 Å². The maximum Gasteiger partial charge on any atom is 0.319 e. The first kappa shape index (κ1) is 23.2. The van der Waals surface area contributed by atoms with Gasteiger partial charge in [0.2, 0.25) is 0 Å². The van der Waals surface area contributed by atoms with Crippen molar-refractivity contribution >= 4 is 16.4 Å². The second-order valence-electron chi connectivity index (χ2n) is 7.10. The van der Waals surface area contributed by atoms with E-state index < -0.39 is 28.3 Å². The number of benzene rings is 2. The number of hydrogen-bond donors (Lipinski definition) is 1. The van der Waals surface area contributed by atoms with E-state index in [1.54, 1.807) is 24.4 Å². The molecular weight excluding hydrogens is 435 g/mol. The summed E-state index contributed by atoms with van der Waals surface area (Å²) in [5, 5.41) is 10.8. The van der Waals surface area contributed by atoms with Crippen LogP contribution in [0.4, 0.5) is 4.39 Å². The van der Waals surface area contributed by atoms with Gasteiger partial charge in [-0.1, -0.05) is 30.0 Å². The number of amides is 1. The van der Waals surface area contributed by atoms with E-state index in [4.69, 9.17) is 4.74 Å². The molecule has 3 aromatic rings. The maximum absolute atomic E-state index is 13.9. The van der Waals surface area contributed by atoms with Gasteiger partial charge >= 0.3 is 10.5 Å². The molecule has 4 rings (SSSR count). The Morgan fingerprint density at radius 1 is 1.19 bits per heavy atom. The van der Waals surface area contributed by atoms with Gasteiger partial charge in [-0.05, 0) is 53.9 Å². The lowest BCUT2D eigenvalue weighted by Gasteiger charge is -2.30. The second kappa shape index (κ2) is 9.80. The molecule has 32 heavy (non-hydrogen) atoms. The number of ether oxygens (including phenoxy) is 1. The third-order valence-corrected chi connectivity index (χ3v) is 5.42. The Morgan fingerprint density at radius 3 is 2.72 bits per heavy atom. The summed E-state index contributed by atoms with van der Waals surface area (Å²) in [6.45, 7) is 0.258. The summed E-state index contributed by atoms with van der Waals surface area (Å²) in [4.78, 5) is 16.4. The predicted octanol–water partition coefficient (Wildman–Crippen LogP) is 4.01. The van der Waals surface area contributed by atoms with Crippen LogP contribution in [0.15, 0.2) is 65.2 Å². The van der Waals surface area contributed by atoms with Crippen molar-refractivity contribution in [2.24, 2.45) is 10.3 Å². The van der Waals surface area contributed by atoms with Crippen molar-refractivity contribution in [2.45, 2.75) is 20.0 Å². The Balaban J connectivity index is 0.00000289. The number of hydrogen-bond acceptors (Lipinski definition) is 6. The molecule has 1 aliphatic heterocycles. The average molecular weight is 456 g/mol. The molecule has 0 bridgehead atoms. The number of aliphatic hydroxyl groups is 1. The Bertz CT molecular complexity index is 1270. The largest absolute Gasteiger partial charge is 0.493 e.